The fourth-order valence-electron chi connectivity index (χ4n) is 6.33. The molecule has 2 aromatic heterocycles. The Labute approximate surface area is 240 Å². The Hall–Kier alpha value is -4.13. The van der Waals surface area contributed by atoms with Gasteiger partial charge in [0, 0.05) is 40.6 Å². The Morgan fingerprint density at radius 2 is 1.76 bits per heavy atom. The highest BCUT2D eigenvalue weighted by atomic mass is 35.5. The number of phenolic OH excluding ortho intramolecular Hbond substituents is 1. The highest BCUT2D eigenvalue weighted by Gasteiger charge is 2.43. The van der Waals surface area contributed by atoms with Crippen molar-refractivity contribution < 1.29 is 29.0 Å². The van der Waals surface area contributed by atoms with Crippen LogP contribution in [0.1, 0.15) is 87.6 Å². The third-order valence-electron chi connectivity index (χ3n) is 8.17. The average molecular weight is 578 g/mol. The van der Waals surface area contributed by atoms with E-state index in [1.54, 1.807) is 0 Å². The van der Waals surface area contributed by atoms with Gasteiger partial charge in [-0.1, -0.05) is 24.9 Å². The van der Waals surface area contributed by atoms with E-state index in [4.69, 9.17) is 20.8 Å². The quantitative estimate of drug-likeness (QED) is 0.442. The zero-order chi connectivity index (χ0) is 29.9. The van der Waals surface area contributed by atoms with Gasteiger partial charge in [-0.3, -0.25) is 19.2 Å². The Morgan fingerprint density at radius 3 is 2.41 bits per heavy atom. The summed E-state index contributed by atoms with van der Waals surface area (Å²) < 4.78 is 12.9. The molecular formula is C31H28ClNO8. The van der Waals surface area contributed by atoms with Crippen molar-refractivity contribution in [3.63, 3.8) is 0 Å². The summed E-state index contributed by atoms with van der Waals surface area (Å²) in [6.07, 6.45) is 9.85. The van der Waals surface area contributed by atoms with E-state index >= 15 is 0 Å². The van der Waals surface area contributed by atoms with Crippen molar-refractivity contribution in [3.05, 3.63) is 70.4 Å². The topological polar surface area (TPSA) is 136 Å². The first-order chi connectivity index (χ1) is 19.6. The van der Waals surface area contributed by atoms with Crippen molar-refractivity contribution in [1.29, 1.82) is 0 Å². The number of ketones is 2. The molecule has 2 heterocycles. The van der Waals surface area contributed by atoms with E-state index in [0.29, 0.717) is 43.4 Å². The molecule has 0 saturated carbocycles. The van der Waals surface area contributed by atoms with E-state index < -0.39 is 34.4 Å². The van der Waals surface area contributed by atoms with Crippen molar-refractivity contribution >= 4 is 39.7 Å². The van der Waals surface area contributed by atoms with Crippen LogP contribution in [0.4, 0.5) is 0 Å². The second-order valence-corrected chi connectivity index (χ2v) is 10.6. The van der Waals surface area contributed by atoms with Gasteiger partial charge in [-0.25, -0.2) is 0 Å². The molecule has 10 heteroatoms. The molecule has 3 aliphatic carbocycles. The summed E-state index contributed by atoms with van der Waals surface area (Å²) in [7, 11) is 2.88. The van der Waals surface area contributed by atoms with Gasteiger partial charge in [0.25, 0.3) is 5.56 Å². The van der Waals surface area contributed by atoms with E-state index in [-0.39, 0.29) is 73.7 Å². The summed E-state index contributed by atoms with van der Waals surface area (Å²) in [4.78, 5) is 54.9. The van der Waals surface area contributed by atoms with Gasteiger partial charge in [-0.05, 0) is 38.5 Å². The molecule has 0 saturated heterocycles. The lowest BCUT2D eigenvalue weighted by atomic mass is 9.73. The number of carbonyl (C=O) groups is 2. The predicted octanol–water partition coefficient (Wildman–Crippen LogP) is 4.21. The predicted molar refractivity (Wildman–Crippen MR) is 153 cm³/mol. The minimum Gasteiger partial charge on any atom is -0.506 e. The molecule has 0 spiro atoms. The number of aliphatic hydroxyl groups excluding tert-OH is 1. The Morgan fingerprint density at radius 1 is 1.05 bits per heavy atom. The summed E-state index contributed by atoms with van der Waals surface area (Å²) >= 11 is 6.63. The van der Waals surface area contributed by atoms with Gasteiger partial charge in [0.05, 0.1) is 17.7 Å². The van der Waals surface area contributed by atoms with Gasteiger partial charge in [-0.15, -0.1) is 12.8 Å². The van der Waals surface area contributed by atoms with Crippen LogP contribution in [0.15, 0.2) is 19.6 Å². The normalized spacial score (nSPS) is 17.3. The van der Waals surface area contributed by atoms with E-state index in [2.05, 4.69) is 12.8 Å². The molecule has 41 heavy (non-hydrogen) atoms. The molecule has 0 fully saturated rings. The first-order valence-corrected chi connectivity index (χ1v) is 13.7. The number of aliphatic hydroxyl groups is 1. The Balaban J connectivity index is 0.00000165. The number of allylic oxidation sites excluding steroid dienone is 2. The van der Waals surface area contributed by atoms with E-state index in [0.717, 1.165) is 0 Å². The maximum absolute atomic E-state index is 14.0. The Kier molecular flexibility index (Phi) is 7.18. The monoisotopic (exact) mass is 577 g/mol. The fourth-order valence-corrected chi connectivity index (χ4v) is 6.73. The maximum atomic E-state index is 14.0. The van der Waals surface area contributed by atoms with E-state index in [9.17, 15) is 29.4 Å². The molecule has 1 aromatic carbocycles. The molecule has 3 aliphatic rings. The van der Waals surface area contributed by atoms with E-state index in [1.807, 2.05) is 6.92 Å². The molecule has 1 atom stereocenters. The molecule has 212 valence electrons. The van der Waals surface area contributed by atoms with Crippen LogP contribution in [0.2, 0.25) is 5.02 Å². The number of benzene rings is 1. The van der Waals surface area contributed by atoms with Crippen LogP contribution in [0, 0.1) is 12.8 Å². The number of fused-ring (bicyclic) bond motifs is 5. The van der Waals surface area contributed by atoms with Crippen LogP contribution < -0.4 is 15.7 Å². The first kappa shape index (κ1) is 28.4. The summed E-state index contributed by atoms with van der Waals surface area (Å²) in [5, 5.41) is 21.9. The number of ether oxygens (including phenoxy) is 1. The molecule has 0 radical (unpaired) electrons. The molecule has 0 unspecified atom stereocenters. The number of rotatable bonds is 3. The number of halogens is 1. The minimum atomic E-state index is -0.962. The van der Waals surface area contributed by atoms with Gasteiger partial charge < -0.3 is 23.9 Å². The Bertz CT molecular complexity index is 1860. The van der Waals surface area contributed by atoms with Crippen LogP contribution in [0.5, 0.6) is 11.5 Å². The molecule has 0 aliphatic heterocycles. The highest BCUT2D eigenvalue weighted by Crippen LogP contribution is 2.50. The average Bonchev–Trinajstić information content (AvgIpc) is 2.97. The standard InChI is InChI=1S/C29H26ClNO8.C2H2/c1-4-6-14-21(30)18-19(29(37)31(14)2)24(35)16-11(22(18)33)9-10-12-17(16)25(36)20-23(34)13-7-5-8-15(32)26(13)39-28(20)27(12)38-3;1-2/h15,32,36H,4-10H2,1-3H3;1-2H/t15-;/m0./s1. The number of hydrogen-bond donors (Lipinski definition) is 2. The third kappa shape index (κ3) is 3.81. The fraction of sp³-hybridized carbons (Fsp3) is 0.355. The number of methoxy groups -OCH3 is 1. The number of aromatic hydroxyl groups is 1. The number of nitrogens with zero attached hydrogens (tertiary/aromatic N) is 1. The molecule has 9 nitrogen and oxygen atoms in total. The lowest BCUT2D eigenvalue weighted by Crippen LogP contribution is -2.36. The van der Waals surface area contributed by atoms with Crippen molar-refractivity contribution in [3.8, 4) is 24.3 Å². The minimum absolute atomic E-state index is 0.0102. The SMILES string of the molecule is C#C.CCCc1c(Cl)c2c(c(=O)n1C)C(=O)C1=C(CCc3c1c(O)c1c(=O)c4c(oc1c3OC)[C@@H](O)CCC4)C2=O. The summed E-state index contributed by atoms with van der Waals surface area (Å²) in [5.41, 5.74) is -0.558. The molecule has 0 amide bonds. The number of hydrogen-bond acceptors (Lipinski definition) is 8. The summed E-state index contributed by atoms with van der Waals surface area (Å²) in [6, 6.07) is 0. The second kappa shape index (κ2) is 10.4. The van der Waals surface area contributed by atoms with Crippen molar-refractivity contribution in [1.82, 2.24) is 4.57 Å². The molecular weight excluding hydrogens is 550 g/mol. The van der Waals surface area contributed by atoms with Gasteiger partial charge in [0.15, 0.2) is 22.5 Å². The third-order valence-corrected chi connectivity index (χ3v) is 8.58. The molecule has 0 bridgehead atoms. The largest absolute Gasteiger partial charge is 0.506 e. The van der Waals surface area contributed by atoms with Crippen LogP contribution in [-0.4, -0.2) is 33.5 Å². The van der Waals surface area contributed by atoms with Crippen molar-refractivity contribution in [2.24, 2.45) is 7.05 Å². The summed E-state index contributed by atoms with van der Waals surface area (Å²) in [6.45, 7) is 1.92. The number of aromatic nitrogens is 1. The van der Waals surface area contributed by atoms with Crippen LogP contribution in [0.25, 0.3) is 16.5 Å². The first-order valence-electron chi connectivity index (χ1n) is 13.3. The summed E-state index contributed by atoms with van der Waals surface area (Å²) in [5.74, 6) is -1.51. The van der Waals surface area contributed by atoms with Crippen molar-refractivity contribution in [2.45, 2.75) is 58.0 Å². The van der Waals surface area contributed by atoms with Crippen LogP contribution in [0.3, 0.4) is 0 Å². The lowest BCUT2D eigenvalue weighted by molar-refractivity contribution is 0.0986. The van der Waals surface area contributed by atoms with Crippen LogP contribution in [-0.2, 0) is 26.3 Å². The van der Waals surface area contributed by atoms with Gasteiger partial charge in [-0.2, -0.15) is 0 Å². The smallest absolute Gasteiger partial charge is 0.262 e. The molecule has 2 N–H and O–H groups in total. The number of carbonyl (C=O) groups excluding carboxylic acids is 2. The second-order valence-electron chi connectivity index (χ2n) is 10.3. The molecule has 6 rings (SSSR count). The zero-order valence-corrected chi connectivity index (χ0v) is 23.6. The number of pyridine rings is 1. The number of Topliss-reactive ketones (excluding diaryl/α,β-unsaturated/α-hetero) is 2. The van der Waals surface area contributed by atoms with Crippen LogP contribution >= 0.6 is 11.6 Å². The van der Waals surface area contributed by atoms with Gasteiger partial charge >= 0.3 is 0 Å². The van der Waals surface area contributed by atoms with Gasteiger partial charge in [0.2, 0.25) is 5.78 Å². The zero-order valence-electron chi connectivity index (χ0n) is 22.9. The van der Waals surface area contributed by atoms with Gasteiger partial charge in [0.1, 0.15) is 28.6 Å². The van der Waals surface area contributed by atoms with E-state index in [1.165, 1.54) is 18.7 Å². The molecule has 3 aromatic rings. The number of phenols is 1. The van der Waals surface area contributed by atoms with Crippen molar-refractivity contribution in [2.75, 3.05) is 7.11 Å². The number of terminal acetylenes is 1. The highest BCUT2D eigenvalue weighted by molar-refractivity contribution is 6.45. The lowest BCUT2D eigenvalue weighted by Gasteiger charge is -2.30. The maximum Gasteiger partial charge on any atom is 0.262 e.